The van der Waals surface area contributed by atoms with Crippen molar-refractivity contribution in [1.82, 2.24) is 19.9 Å². The minimum atomic E-state index is 0.714. The zero-order valence-electron chi connectivity index (χ0n) is 23.6. The number of aromatic nitrogens is 4. The maximum atomic E-state index is 5.28. The van der Waals surface area contributed by atoms with Crippen LogP contribution in [0, 0.1) is 0 Å². The number of fused-ring (bicyclic) bond motifs is 7. The lowest BCUT2D eigenvalue weighted by Gasteiger charge is -2.15. The lowest BCUT2D eigenvalue weighted by atomic mass is 9.90. The molecule has 0 saturated heterocycles. The van der Waals surface area contributed by atoms with Gasteiger partial charge in [-0.15, -0.1) is 0 Å². The molecule has 9 rings (SSSR count). The molecule has 0 spiro atoms. The molecule has 3 heterocycles. The number of rotatable bonds is 3. The predicted molar refractivity (Wildman–Crippen MR) is 181 cm³/mol. The Labute approximate surface area is 253 Å². The summed E-state index contributed by atoms with van der Waals surface area (Å²) < 4.78 is 0. The number of nitrogens with zero attached hydrogens (tertiary/aromatic N) is 4. The molecule has 204 valence electrons. The van der Waals surface area contributed by atoms with Gasteiger partial charge in [0, 0.05) is 40.5 Å². The lowest BCUT2D eigenvalue weighted by Crippen LogP contribution is -1.94. The second-order valence-corrected chi connectivity index (χ2v) is 11.1. The van der Waals surface area contributed by atoms with Crippen molar-refractivity contribution in [2.45, 2.75) is 0 Å². The highest BCUT2D eigenvalue weighted by Crippen LogP contribution is 2.41. The summed E-state index contributed by atoms with van der Waals surface area (Å²) in [5.74, 6) is 0.714. The molecule has 0 radical (unpaired) electrons. The Morgan fingerprint density at radius 2 is 0.932 bits per heavy atom. The molecule has 0 N–H and O–H groups in total. The van der Waals surface area contributed by atoms with E-state index in [0.29, 0.717) is 5.82 Å². The first-order valence-corrected chi connectivity index (χ1v) is 14.7. The molecule has 0 aliphatic carbocycles. The van der Waals surface area contributed by atoms with Gasteiger partial charge in [0.15, 0.2) is 5.82 Å². The third-order valence-electron chi connectivity index (χ3n) is 8.61. The normalized spacial score (nSPS) is 11.6. The van der Waals surface area contributed by atoms with Gasteiger partial charge >= 0.3 is 0 Å². The van der Waals surface area contributed by atoms with Gasteiger partial charge in [0.25, 0.3) is 0 Å². The van der Waals surface area contributed by atoms with Crippen molar-refractivity contribution in [3.8, 4) is 33.8 Å². The van der Waals surface area contributed by atoms with Crippen molar-refractivity contribution < 1.29 is 0 Å². The second-order valence-electron chi connectivity index (χ2n) is 11.1. The molecule has 4 heteroatoms. The van der Waals surface area contributed by atoms with Crippen LogP contribution in [0.1, 0.15) is 0 Å². The van der Waals surface area contributed by atoms with E-state index in [1.54, 1.807) is 12.4 Å². The van der Waals surface area contributed by atoms with Gasteiger partial charge in [-0.25, -0.2) is 15.0 Å². The van der Waals surface area contributed by atoms with Crippen LogP contribution in [0.5, 0.6) is 0 Å². The fourth-order valence-electron chi connectivity index (χ4n) is 6.63. The van der Waals surface area contributed by atoms with Gasteiger partial charge in [-0.1, -0.05) is 91.0 Å². The zero-order valence-corrected chi connectivity index (χ0v) is 23.6. The van der Waals surface area contributed by atoms with E-state index in [1.807, 2.05) is 18.3 Å². The van der Waals surface area contributed by atoms with E-state index >= 15 is 0 Å². The molecule has 0 saturated carbocycles. The van der Waals surface area contributed by atoms with Crippen molar-refractivity contribution in [3.63, 3.8) is 0 Å². The summed E-state index contributed by atoms with van der Waals surface area (Å²) in [6.07, 6.45) is 5.43. The molecule has 4 nitrogen and oxygen atoms in total. The van der Waals surface area contributed by atoms with Gasteiger partial charge in [0.2, 0.25) is 0 Å². The molecule has 9 aromatic rings. The second kappa shape index (κ2) is 9.79. The van der Waals surface area contributed by atoms with Gasteiger partial charge < -0.3 is 0 Å². The van der Waals surface area contributed by atoms with E-state index in [4.69, 9.17) is 9.97 Å². The SMILES string of the molecule is c1cnc(-c2ccc(-c3ccc4cc(-c5cc6ccccc6c6ccccc56)c5cccnc5c4n3)c3ccccc23)nc1. The summed E-state index contributed by atoms with van der Waals surface area (Å²) in [7, 11) is 0. The van der Waals surface area contributed by atoms with Crippen LogP contribution in [0.3, 0.4) is 0 Å². The maximum Gasteiger partial charge on any atom is 0.159 e. The van der Waals surface area contributed by atoms with Crippen molar-refractivity contribution in [2.75, 3.05) is 0 Å². The third-order valence-corrected chi connectivity index (χ3v) is 8.61. The lowest BCUT2D eigenvalue weighted by molar-refractivity contribution is 1.18. The summed E-state index contributed by atoms with van der Waals surface area (Å²) in [6, 6.07) is 44.9. The molecule has 0 amide bonds. The van der Waals surface area contributed by atoms with Crippen LogP contribution in [0.2, 0.25) is 0 Å². The van der Waals surface area contributed by atoms with E-state index in [1.165, 1.54) is 27.1 Å². The fourth-order valence-corrected chi connectivity index (χ4v) is 6.63. The van der Waals surface area contributed by atoms with E-state index in [9.17, 15) is 0 Å². The van der Waals surface area contributed by atoms with E-state index < -0.39 is 0 Å². The number of pyridine rings is 2. The molecule has 0 aliphatic rings. The van der Waals surface area contributed by atoms with Crippen LogP contribution in [-0.4, -0.2) is 19.9 Å². The summed E-state index contributed by atoms with van der Waals surface area (Å²) >= 11 is 0. The Balaban J connectivity index is 1.28. The minimum absolute atomic E-state index is 0.714. The molecule has 0 aliphatic heterocycles. The summed E-state index contributed by atoms with van der Waals surface area (Å²) in [5.41, 5.74) is 7.14. The van der Waals surface area contributed by atoms with Crippen LogP contribution >= 0.6 is 0 Å². The number of hydrogen-bond donors (Lipinski definition) is 0. The average Bonchev–Trinajstić information content (AvgIpc) is 3.11. The molecule has 44 heavy (non-hydrogen) atoms. The Bertz CT molecular complexity index is 2560. The number of benzene rings is 6. The van der Waals surface area contributed by atoms with E-state index in [0.717, 1.165) is 55.0 Å². The van der Waals surface area contributed by atoms with Gasteiger partial charge in [-0.3, -0.25) is 4.98 Å². The molecule has 0 fully saturated rings. The minimum Gasteiger partial charge on any atom is -0.254 e. The monoisotopic (exact) mass is 560 g/mol. The Hall–Kier alpha value is -6.00. The first-order chi connectivity index (χ1) is 21.8. The van der Waals surface area contributed by atoms with Gasteiger partial charge in [0.05, 0.1) is 16.7 Å². The topological polar surface area (TPSA) is 51.6 Å². The van der Waals surface area contributed by atoms with E-state index in [-0.39, 0.29) is 0 Å². The van der Waals surface area contributed by atoms with Gasteiger partial charge in [-0.2, -0.15) is 0 Å². The van der Waals surface area contributed by atoms with Gasteiger partial charge in [-0.05, 0) is 79.8 Å². The van der Waals surface area contributed by atoms with Crippen molar-refractivity contribution in [3.05, 3.63) is 146 Å². The van der Waals surface area contributed by atoms with Crippen molar-refractivity contribution in [1.29, 1.82) is 0 Å². The predicted octanol–water partition coefficient (Wildman–Crippen LogP) is 10.0. The Kier molecular flexibility index (Phi) is 5.47. The highest BCUT2D eigenvalue weighted by atomic mass is 14.9. The molecule has 0 bridgehead atoms. The standard InChI is InChI=1S/C40H24N4/c1-2-10-27-25(9-1)23-35(31-14-6-3-11-28(27)31)36-24-26-16-19-37(44-38(26)39-33(36)15-7-20-41-39)32-17-18-34(40-42-21-8-22-43-40)30-13-5-4-12-29(30)32/h1-24H. The van der Waals surface area contributed by atoms with Crippen molar-refractivity contribution in [2.24, 2.45) is 0 Å². The summed E-state index contributed by atoms with van der Waals surface area (Å²) in [6.45, 7) is 0. The molecule has 3 aromatic heterocycles. The van der Waals surface area contributed by atoms with Crippen LogP contribution < -0.4 is 0 Å². The smallest absolute Gasteiger partial charge is 0.159 e. The Morgan fingerprint density at radius 3 is 1.75 bits per heavy atom. The molecule has 0 atom stereocenters. The molecular weight excluding hydrogens is 536 g/mol. The Morgan fingerprint density at radius 1 is 0.341 bits per heavy atom. The molecule has 6 aromatic carbocycles. The van der Waals surface area contributed by atoms with Crippen LogP contribution in [0.25, 0.3) is 87.9 Å². The van der Waals surface area contributed by atoms with Gasteiger partial charge in [0.1, 0.15) is 0 Å². The maximum absolute atomic E-state index is 5.28. The average molecular weight is 561 g/mol. The molecule has 0 unspecified atom stereocenters. The van der Waals surface area contributed by atoms with Crippen LogP contribution in [0.4, 0.5) is 0 Å². The van der Waals surface area contributed by atoms with Crippen LogP contribution in [0.15, 0.2) is 146 Å². The van der Waals surface area contributed by atoms with E-state index in [2.05, 4.69) is 125 Å². The highest BCUT2D eigenvalue weighted by molar-refractivity contribution is 6.19. The third kappa shape index (κ3) is 3.78. The summed E-state index contributed by atoms with van der Waals surface area (Å²) in [5, 5.41) is 9.33. The first kappa shape index (κ1) is 24.6. The zero-order chi connectivity index (χ0) is 29.0. The number of hydrogen-bond acceptors (Lipinski definition) is 4. The first-order valence-electron chi connectivity index (χ1n) is 14.7. The quantitative estimate of drug-likeness (QED) is 0.202. The molecular formula is C40H24N4. The highest BCUT2D eigenvalue weighted by Gasteiger charge is 2.17. The summed E-state index contributed by atoms with van der Waals surface area (Å²) in [4.78, 5) is 19.2. The van der Waals surface area contributed by atoms with Crippen molar-refractivity contribution >= 4 is 54.1 Å². The largest absolute Gasteiger partial charge is 0.254 e. The van der Waals surface area contributed by atoms with Crippen LogP contribution in [-0.2, 0) is 0 Å². The fraction of sp³-hybridized carbons (Fsp3) is 0.